The van der Waals surface area contributed by atoms with Crippen LogP contribution in [0.15, 0.2) is 60.8 Å². The lowest BCUT2D eigenvalue weighted by Crippen LogP contribution is -2.55. The zero-order chi connectivity index (χ0) is 28.1. The lowest BCUT2D eigenvalue weighted by atomic mass is 9.99. The van der Waals surface area contributed by atoms with Crippen LogP contribution in [-0.4, -0.2) is 72.9 Å². The molecule has 204 valence electrons. The maximum Gasteiger partial charge on any atom is 0.240 e. The zero-order valence-corrected chi connectivity index (χ0v) is 21.9. The van der Waals surface area contributed by atoms with Crippen LogP contribution in [0.25, 0.3) is 11.1 Å². The molecule has 1 unspecified atom stereocenters. The summed E-state index contributed by atoms with van der Waals surface area (Å²) in [6.07, 6.45) is -0.374. The first-order valence-electron chi connectivity index (χ1n) is 12.9. The molecule has 0 radical (unpaired) electrons. The van der Waals surface area contributed by atoms with E-state index in [0.29, 0.717) is 0 Å². The summed E-state index contributed by atoms with van der Waals surface area (Å²) in [6, 6.07) is 16.9. The van der Waals surface area contributed by atoms with Crippen molar-refractivity contribution in [2.45, 2.75) is 57.1 Å². The van der Waals surface area contributed by atoms with Crippen molar-refractivity contribution in [1.82, 2.24) is 25.2 Å². The number of primary amides is 1. The molecule has 11 nitrogen and oxygen atoms in total. The van der Waals surface area contributed by atoms with Gasteiger partial charge in [0.25, 0.3) is 0 Å². The molecule has 39 heavy (non-hydrogen) atoms. The summed E-state index contributed by atoms with van der Waals surface area (Å²) >= 11 is 0. The van der Waals surface area contributed by atoms with E-state index in [1.165, 1.54) is 15.8 Å². The summed E-state index contributed by atoms with van der Waals surface area (Å²) in [5.41, 5.74) is 8.66. The van der Waals surface area contributed by atoms with Crippen molar-refractivity contribution in [3.63, 3.8) is 0 Å². The van der Waals surface area contributed by atoms with Gasteiger partial charge >= 0.3 is 0 Å². The van der Waals surface area contributed by atoms with E-state index in [4.69, 9.17) is 11.0 Å². The Bertz CT molecular complexity index is 1320. The number of aliphatic hydroxyl groups is 2. The number of nitrogens with zero attached hydrogens (tertiary/aromatic N) is 5. The van der Waals surface area contributed by atoms with Crippen LogP contribution in [0.3, 0.4) is 0 Å². The van der Waals surface area contributed by atoms with Crippen LogP contribution in [0, 0.1) is 17.2 Å². The molecule has 5 atom stereocenters. The van der Waals surface area contributed by atoms with Gasteiger partial charge < -0.3 is 21.3 Å². The Labute approximate surface area is 226 Å². The number of hydrogen-bond donors (Lipinski definition) is 4. The number of nitriles is 1. The average molecular weight is 532 g/mol. The van der Waals surface area contributed by atoms with Crippen molar-refractivity contribution >= 4 is 11.8 Å². The molecule has 0 saturated carbocycles. The topological polar surface area (TPSA) is 170 Å². The fraction of sp³-hybridized carbons (Fsp3) is 0.393. The molecule has 11 heteroatoms. The molecule has 5 N–H and O–H groups in total. The maximum absolute atomic E-state index is 13.4. The van der Waals surface area contributed by atoms with Crippen LogP contribution in [0.5, 0.6) is 0 Å². The summed E-state index contributed by atoms with van der Waals surface area (Å²) < 4.78 is 1.40. The summed E-state index contributed by atoms with van der Waals surface area (Å²) in [7, 11) is 0. The number of β-amino-alcohol motifs (C(OH)–C–C–N with tert-alkyl or cyclic N) is 1. The van der Waals surface area contributed by atoms with Crippen LogP contribution in [0.1, 0.15) is 37.6 Å². The molecule has 2 heterocycles. The van der Waals surface area contributed by atoms with Gasteiger partial charge in [-0.3, -0.25) is 14.5 Å². The molecule has 1 saturated heterocycles. The number of hydrogen-bond acceptors (Lipinski definition) is 8. The molecule has 2 amide bonds. The van der Waals surface area contributed by atoms with E-state index in [-0.39, 0.29) is 31.0 Å². The normalized spacial score (nSPS) is 19.8. The number of rotatable bonds is 10. The van der Waals surface area contributed by atoms with Gasteiger partial charge in [-0.25, -0.2) is 4.68 Å². The fourth-order valence-electron chi connectivity index (χ4n) is 5.03. The Morgan fingerprint density at radius 1 is 1.15 bits per heavy atom. The SMILES string of the molecule is CC(C)[C@@H](C(O)N1C[C@H](O)C[C@H]1C(=O)N[C@H](Cc1ccc(-c2ccccc2)cc1)C(N)=O)n1cc(C#N)nn1. The first-order valence-corrected chi connectivity index (χ1v) is 12.9. The minimum atomic E-state index is -1.22. The van der Waals surface area contributed by atoms with E-state index in [1.54, 1.807) is 0 Å². The van der Waals surface area contributed by atoms with Gasteiger partial charge in [0.2, 0.25) is 11.8 Å². The van der Waals surface area contributed by atoms with Gasteiger partial charge in [-0.05, 0) is 29.0 Å². The number of amides is 2. The van der Waals surface area contributed by atoms with Gasteiger partial charge in [0.15, 0.2) is 5.69 Å². The molecule has 1 aromatic heterocycles. The van der Waals surface area contributed by atoms with Crippen molar-refractivity contribution in [3.8, 4) is 17.2 Å². The Hall–Kier alpha value is -4.11. The van der Waals surface area contributed by atoms with Gasteiger partial charge in [-0.2, -0.15) is 5.26 Å². The molecule has 1 fully saturated rings. The van der Waals surface area contributed by atoms with Crippen LogP contribution in [-0.2, 0) is 16.0 Å². The fourth-order valence-corrected chi connectivity index (χ4v) is 5.03. The quantitative estimate of drug-likeness (QED) is 0.300. The molecule has 0 aliphatic carbocycles. The number of benzene rings is 2. The van der Waals surface area contributed by atoms with E-state index in [0.717, 1.165) is 16.7 Å². The summed E-state index contributed by atoms with van der Waals surface area (Å²) in [5.74, 6) is -1.35. The third kappa shape index (κ3) is 6.49. The number of carbonyl (C=O) groups is 2. The van der Waals surface area contributed by atoms with E-state index in [9.17, 15) is 19.8 Å². The first-order chi connectivity index (χ1) is 18.7. The number of nitrogens with one attached hydrogen (secondary N) is 1. The Kier molecular flexibility index (Phi) is 8.71. The highest BCUT2D eigenvalue weighted by Gasteiger charge is 2.44. The van der Waals surface area contributed by atoms with Crippen molar-refractivity contribution in [3.05, 3.63) is 72.1 Å². The van der Waals surface area contributed by atoms with Gasteiger partial charge in [0.1, 0.15) is 18.3 Å². The minimum absolute atomic E-state index is 0.0461. The Morgan fingerprint density at radius 3 is 2.41 bits per heavy atom. The lowest BCUT2D eigenvalue weighted by molar-refractivity contribution is -0.135. The van der Waals surface area contributed by atoms with E-state index < -0.39 is 42.3 Å². The lowest BCUT2D eigenvalue weighted by Gasteiger charge is -2.35. The van der Waals surface area contributed by atoms with Crippen molar-refractivity contribution < 1.29 is 19.8 Å². The molecule has 2 aromatic carbocycles. The first kappa shape index (κ1) is 27.9. The molecular weight excluding hydrogens is 498 g/mol. The second kappa shape index (κ2) is 12.2. The second-order valence-corrected chi connectivity index (χ2v) is 10.2. The minimum Gasteiger partial charge on any atom is -0.392 e. The summed E-state index contributed by atoms with van der Waals surface area (Å²) in [5, 5.41) is 41.3. The van der Waals surface area contributed by atoms with Crippen LogP contribution in [0.4, 0.5) is 0 Å². The Morgan fingerprint density at radius 2 is 1.82 bits per heavy atom. The third-order valence-electron chi connectivity index (χ3n) is 7.04. The highest BCUT2D eigenvalue weighted by atomic mass is 16.3. The Balaban J connectivity index is 1.48. The summed E-state index contributed by atoms with van der Waals surface area (Å²) in [6.45, 7) is 3.79. The smallest absolute Gasteiger partial charge is 0.240 e. The highest BCUT2D eigenvalue weighted by Crippen LogP contribution is 2.30. The maximum atomic E-state index is 13.4. The van der Waals surface area contributed by atoms with E-state index in [2.05, 4.69) is 15.6 Å². The molecule has 4 rings (SSSR count). The zero-order valence-electron chi connectivity index (χ0n) is 21.9. The molecule has 0 spiro atoms. The van der Waals surface area contributed by atoms with Gasteiger partial charge in [-0.1, -0.05) is 73.7 Å². The molecular formula is C28H33N7O4. The number of aromatic nitrogens is 3. The van der Waals surface area contributed by atoms with Crippen LogP contribution >= 0.6 is 0 Å². The number of likely N-dealkylation sites (tertiary alicyclic amines) is 1. The standard InChI is InChI=1S/C28H33N7O4/c1-17(2)25(35-15-21(14-29)32-33-35)28(39)34-16-22(36)13-24(34)27(38)31-23(26(30)37)12-18-8-10-20(11-9-18)19-6-4-3-5-7-19/h3-11,15,17,22-25,28,36,39H,12-13,16H2,1-2H3,(H2,30,37)(H,31,38)/t22-,23-,24+,25+,28?/m1/s1. The molecule has 1 aliphatic heterocycles. The van der Waals surface area contributed by atoms with Gasteiger partial charge in [-0.15, -0.1) is 5.10 Å². The van der Waals surface area contributed by atoms with Crippen LogP contribution < -0.4 is 11.1 Å². The third-order valence-corrected chi connectivity index (χ3v) is 7.04. The predicted molar refractivity (Wildman–Crippen MR) is 142 cm³/mol. The highest BCUT2D eigenvalue weighted by molar-refractivity contribution is 5.89. The van der Waals surface area contributed by atoms with E-state index >= 15 is 0 Å². The predicted octanol–water partition coefficient (Wildman–Crippen LogP) is 0.980. The average Bonchev–Trinajstić information content (AvgIpc) is 3.55. The van der Waals surface area contributed by atoms with Crippen molar-refractivity contribution in [2.24, 2.45) is 11.7 Å². The second-order valence-electron chi connectivity index (χ2n) is 10.2. The largest absolute Gasteiger partial charge is 0.392 e. The van der Waals surface area contributed by atoms with Crippen molar-refractivity contribution in [1.29, 1.82) is 5.26 Å². The molecule has 3 aromatic rings. The van der Waals surface area contributed by atoms with Gasteiger partial charge in [0.05, 0.1) is 24.4 Å². The number of carbonyl (C=O) groups excluding carboxylic acids is 2. The molecule has 1 aliphatic rings. The van der Waals surface area contributed by atoms with Crippen molar-refractivity contribution in [2.75, 3.05) is 6.54 Å². The van der Waals surface area contributed by atoms with Gasteiger partial charge in [0, 0.05) is 13.0 Å². The summed E-state index contributed by atoms with van der Waals surface area (Å²) in [4.78, 5) is 27.1. The van der Waals surface area contributed by atoms with E-state index in [1.807, 2.05) is 74.5 Å². The number of aliphatic hydroxyl groups excluding tert-OH is 2. The number of nitrogens with two attached hydrogens (primary N) is 1. The monoisotopic (exact) mass is 531 g/mol. The molecule has 0 bridgehead atoms. The van der Waals surface area contributed by atoms with Crippen LogP contribution in [0.2, 0.25) is 0 Å².